The number of carbonyl (C=O) groups is 1. The van der Waals surface area contributed by atoms with Crippen molar-refractivity contribution in [2.45, 2.75) is 38.6 Å². The van der Waals surface area contributed by atoms with E-state index in [-0.39, 0.29) is 11.9 Å². The lowest BCUT2D eigenvalue weighted by Gasteiger charge is -2.20. The van der Waals surface area contributed by atoms with Gasteiger partial charge in [0.1, 0.15) is 5.75 Å². The van der Waals surface area contributed by atoms with Gasteiger partial charge in [-0.15, -0.1) is 0 Å². The first-order chi connectivity index (χ1) is 11.6. The van der Waals surface area contributed by atoms with Gasteiger partial charge in [0, 0.05) is 5.56 Å². The Balaban J connectivity index is 1.73. The predicted molar refractivity (Wildman–Crippen MR) is 97.0 cm³/mol. The van der Waals surface area contributed by atoms with Gasteiger partial charge in [-0.2, -0.15) is 0 Å². The Hall–Kier alpha value is -2.00. The fourth-order valence-corrected chi connectivity index (χ4v) is 3.45. The summed E-state index contributed by atoms with van der Waals surface area (Å²) < 4.78 is 5.12. The number of aryl methyl sites for hydroxylation is 2. The van der Waals surface area contributed by atoms with Crippen LogP contribution in [-0.4, -0.2) is 13.0 Å². The number of halogens is 1. The van der Waals surface area contributed by atoms with Gasteiger partial charge < -0.3 is 10.1 Å². The zero-order chi connectivity index (χ0) is 17.1. The summed E-state index contributed by atoms with van der Waals surface area (Å²) >= 11 is 6.10. The molecule has 0 fully saturated rings. The summed E-state index contributed by atoms with van der Waals surface area (Å²) in [5.41, 5.74) is 4.55. The topological polar surface area (TPSA) is 38.3 Å². The first-order valence-electron chi connectivity index (χ1n) is 8.34. The smallest absolute Gasteiger partial charge is 0.251 e. The number of methoxy groups -OCH3 is 1. The SMILES string of the molecule is COc1ccc(C(=O)N[C@H](C)c2ccc3c(c2)CCCC3)cc1Cl. The van der Waals surface area contributed by atoms with Crippen molar-refractivity contribution < 1.29 is 9.53 Å². The number of amides is 1. The highest BCUT2D eigenvalue weighted by molar-refractivity contribution is 6.32. The Morgan fingerprint density at radius 2 is 1.88 bits per heavy atom. The van der Waals surface area contributed by atoms with E-state index in [1.165, 1.54) is 30.4 Å². The molecule has 0 unspecified atom stereocenters. The summed E-state index contributed by atoms with van der Waals surface area (Å²) in [6.07, 6.45) is 4.83. The van der Waals surface area contributed by atoms with E-state index in [4.69, 9.17) is 16.3 Å². The van der Waals surface area contributed by atoms with Crippen LogP contribution < -0.4 is 10.1 Å². The maximum absolute atomic E-state index is 12.5. The standard InChI is InChI=1S/C20H22ClNO2/c1-13(15-8-7-14-5-3-4-6-16(14)11-15)22-20(23)17-9-10-19(24-2)18(21)12-17/h7-13H,3-6H2,1-2H3,(H,22,23)/t13-/m1/s1. The van der Waals surface area contributed by atoms with E-state index < -0.39 is 0 Å². The number of nitrogens with one attached hydrogen (secondary N) is 1. The van der Waals surface area contributed by atoms with Crippen LogP contribution in [-0.2, 0) is 12.8 Å². The minimum absolute atomic E-state index is 0.0504. The molecule has 2 aromatic rings. The van der Waals surface area contributed by atoms with Crippen molar-refractivity contribution in [3.05, 3.63) is 63.7 Å². The Morgan fingerprint density at radius 1 is 1.12 bits per heavy atom. The fraction of sp³-hybridized carbons (Fsp3) is 0.350. The average Bonchev–Trinajstić information content (AvgIpc) is 2.61. The molecule has 0 saturated carbocycles. The van der Waals surface area contributed by atoms with Crippen molar-refractivity contribution in [1.82, 2.24) is 5.32 Å². The molecule has 126 valence electrons. The van der Waals surface area contributed by atoms with Gasteiger partial charge >= 0.3 is 0 Å². The molecule has 24 heavy (non-hydrogen) atoms. The fourth-order valence-electron chi connectivity index (χ4n) is 3.19. The summed E-state index contributed by atoms with van der Waals surface area (Å²) in [5.74, 6) is 0.431. The van der Waals surface area contributed by atoms with Gasteiger partial charge in [-0.1, -0.05) is 29.8 Å². The average molecular weight is 344 g/mol. The van der Waals surface area contributed by atoms with Crippen molar-refractivity contribution in [2.24, 2.45) is 0 Å². The molecule has 0 spiro atoms. The van der Waals surface area contributed by atoms with Crippen LogP contribution in [0.5, 0.6) is 5.75 Å². The van der Waals surface area contributed by atoms with Crippen molar-refractivity contribution in [3.63, 3.8) is 0 Å². The lowest BCUT2D eigenvalue weighted by molar-refractivity contribution is 0.0940. The molecule has 0 aliphatic heterocycles. The molecule has 1 atom stereocenters. The van der Waals surface area contributed by atoms with E-state index in [9.17, 15) is 4.79 Å². The third-order valence-corrected chi connectivity index (χ3v) is 4.93. The zero-order valence-corrected chi connectivity index (χ0v) is 14.8. The van der Waals surface area contributed by atoms with Gasteiger partial charge in [-0.3, -0.25) is 4.79 Å². The second kappa shape index (κ2) is 7.27. The Morgan fingerprint density at radius 3 is 2.58 bits per heavy atom. The first kappa shape index (κ1) is 16.8. The third kappa shape index (κ3) is 3.57. The molecule has 0 bridgehead atoms. The molecule has 0 radical (unpaired) electrons. The van der Waals surface area contributed by atoms with Gasteiger partial charge in [-0.25, -0.2) is 0 Å². The minimum atomic E-state index is -0.134. The van der Waals surface area contributed by atoms with E-state index in [2.05, 4.69) is 23.5 Å². The van der Waals surface area contributed by atoms with Crippen LogP contribution in [0.1, 0.15) is 52.9 Å². The molecule has 0 aromatic heterocycles. The molecule has 1 aliphatic carbocycles. The predicted octanol–water partition coefficient (Wildman–Crippen LogP) is 4.72. The third-order valence-electron chi connectivity index (χ3n) is 4.63. The summed E-state index contributed by atoms with van der Waals surface area (Å²) in [6.45, 7) is 2.01. The molecule has 3 rings (SSSR count). The van der Waals surface area contributed by atoms with Crippen molar-refractivity contribution in [3.8, 4) is 5.75 Å². The normalized spacial score (nSPS) is 14.6. The van der Waals surface area contributed by atoms with Crippen LogP contribution in [0.2, 0.25) is 5.02 Å². The van der Waals surface area contributed by atoms with Gasteiger partial charge in [0.05, 0.1) is 18.2 Å². The molecular formula is C20H22ClNO2. The Bertz CT molecular complexity index is 757. The highest BCUT2D eigenvalue weighted by atomic mass is 35.5. The van der Waals surface area contributed by atoms with Crippen LogP contribution >= 0.6 is 11.6 Å². The number of hydrogen-bond donors (Lipinski definition) is 1. The number of ether oxygens (including phenoxy) is 1. The first-order valence-corrected chi connectivity index (χ1v) is 8.72. The highest BCUT2D eigenvalue weighted by Crippen LogP contribution is 2.27. The van der Waals surface area contributed by atoms with Gasteiger partial charge in [0.15, 0.2) is 0 Å². The highest BCUT2D eigenvalue weighted by Gasteiger charge is 2.15. The molecule has 3 nitrogen and oxygen atoms in total. The number of fused-ring (bicyclic) bond motifs is 1. The maximum Gasteiger partial charge on any atom is 0.251 e. The summed E-state index contributed by atoms with van der Waals surface area (Å²) in [4.78, 5) is 12.5. The van der Waals surface area contributed by atoms with Crippen LogP contribution in [0.25, 0.3) is 0 Å². The second-order valence-electron chi connectivity index (χ2n) is 6.28. The summed E-state index contributed by atoms with van der Waals surface area (Å²) in [5, 5.41) is 3.48. The number of benzene rings is 2. The van der Waals surface area contributed by atoms with Gasteiger partial charge in [0.25, 0.3) is 5.91 Å². The molecular weight excluding hydrogens is 322 g/mol. The quantitative estimate of drug-likeness (QED) is 0.872. The zero-order valence-electron chi connectivity index (χ0n) is 14.1. The van der Waals surface area contributed by atoms with Crippen LogP contribution in [0.3, 0.4) is 0 Å². The summed E-state index contributed by atoms with van der Waals surface area (Å²) in [7, 11) is 1.55. The van der Waals surface area contributed by atoms with Crippen molar-refractivity contribution in [1.29, 1.82) is 0 Å². The van der Waals surface area contributed by atoms with E-state index >= 15 is 0 Å². The lowest BCUT2D eigenvalue weighted by atomic mass is 9.89. The molecule has 0 heterocycles. The van der Waals surface area contributed by atoms with Gasteiger partial charge in [0.2, 0.25) is 0 Å². The lowest BCUT2D eigenvalue weighted by Crippen LogP contribution is -2.26. The molecule has 1 amide bonds. The molecule has 0 saturated heterocycles. The van der Waals surface area contributed by atoms with Crippen LogP contribution in [0.4, 0.5) is 0 Å². The Kier molecular flexibility index (Phi) is 5.10. The van der Waals surface area contributed by atoms with E-state index in [0.717, 1.165) is 12.0 Å². The number of carbonyl (C=O) groups excluding carboxylic acids is 1. The van der Waals surface area contributed by atoms with Crippen molar-refractivity contribution >= 4 is 17.5 Å². The van der Waals surface area contributed by atoms with Crippen LogP contribution in [0, 0.1) is 0 Å². The monoisotopic (exact) mass is 343 g/mol. The minimum Gasteiger partial charge on any atom is -0.495 e. The van der Waals surface area contributed by atoms with E-state index in [0.29, 0.717) is 16.3 Å². The molecule has 1 aliphatic rings. The van der Waals surface area contributed by atoms with Crippen LogP contribution in [0.15, 0.2) is 36.4 Å². The molecule has 4 heteroatoms. The maximum atomic E-state index is 12.5. The van der Waals surface area contributed by atoms with E-state index in [1.54, 1.807) is 25.3 Å². The molecule has 1 N–H and O–H groups in total. The summed E-state index contributed by atoms with van der Waals surface area (Å²) in [6, 6.07) is 11.6. The Labute approximate surface area is 148 Å². The van der Waals surface area contributed by atoms with Crippen molar-refractivity contribution in [2.75, 3.05) is 7.11 Å². The second-order valence-corrected chi connectivity index (χ2v) is 6.69. The largest absolute Gasteiger partial charge is 0.495 e. The van der Waals surface area contributed by atoms with E-state index in [1.807, 2.05) is 6.92 Å². The molecule has 2 aromatic carbocycles. The number of rotatable bonds is 4. The number of hydrogen-bond acceptors (Lipinski definition) is 2. The van der Waals surface area contributed by atoms with Gasteiger partial charge in [-0.05, 0) is 67.5 Å².